The van der Waals surface area contributed by atoms with Gasteiger partial charge in [0.2, 0.25) is 0 Å². The molecule has 0 radical (unpaired) electrons. The summed E-state index contributed by atoms with van der Waals surface area (Å²) in [5.41, 5.74) is 3.62. The first-order valence-electron chi connectivity index (χ1n) is 11.2. The van der Waals surface area contributed by atoms with Crippen LogP contribution in [0.3, 0.4) is 0 Å². The molecule has 0 bridgehead atoms. The number of aryl methyl sites for hydroxylation is 1. The highest BCUT2D eigenvalue weighted by molar-refractivity contribution is 5.97. The van der Waals surface area contributed by atoms with Crippen molar-refractivity contribution in [2.75, 3.05) is 74.8 Å². The first-order valence-corrected chi connectivity index (χ1v) is 11.2. The maximum Gasteiger partial charge on any atom is 0.341 e. The molecule has 0 atom stereocenters. The number of para-hydroxylation sites is 2. The number of esters is 1. The quantitative estimate of drug-likeness (QED) is 0.585. The summed E-state index contributed by atoms with van der Waals surface area (Å²) in [5, 5.41) is 8.39. The van der Waals surface area contributed by atoms with Gasteiger partial charge >= 0.3 is 5.97 Å². The molecular weight excluding hydrogens is 424 g/mol. The van der Waals surface area contributed by atoms with E-state index in [1.54, 1.807) is 10.6 Å². The van der Waals surface area contributed by atoms with Crippen LogP contribution in [0, 0.1) is 6.92 Å². The van der Waals surface area contributed by atoms with Crippen LogP contribution >= 0.6 is 0 Å². The van der Waals surface area contributed by atoms with Crippen molar-refractivity contribution < 1.29 is 19.0 Å². The Morgan fingerprint density at radius 1 is 1.03 bits per heavy atom. The highest BCUT2D eigenvalue weighted by Crippen LogP contribution is 2.32. The van der Waals surface area contributed by atoms with E-state index >= 15 is 0 Å². The summed E-state index contributed by atoms with van der Waals surface area (Å²) >= 11 is 0. The normalized spacial score (nSPS) is 16.8. The van der Waals surface area contributed by atoms with E-state index in [1.807, 2.05) is 25.1 Å². The van der Waals surface area contributed by atoms with Crippen LogP contribution in [0.1, 0.15) is 16.1 Å². The molecule has 2 aliphatic rings. The third kappa shape index (κ3) is 4.19. The number of anilines is 4. The Hall–Kier alpha value is -3.37. The molecule has 2 saturated heterocycles. The molecule has 2 fully saturated rings. The fraction of sp³-hybridized carbons (Fsp3) is 0.435. The fourth-order valence-electron chi connectivity index (χ4n) is 4.25. The zero-order valence-corrected chi connectivity index (χ0v) is 18.9. The van der Waals surface area contributed by atoms with E-state index in [0.29, 0.717) is 62.4 Å². The molecule has 1 N–H and O–H groups in total. The largest absolute Gasteiger partial charge is 0.465 e. The monoisotopic (exact) mass is 452 g/mol. The number of hydrogen-bond acceptors (Lipinski definition) is 9. The van der Waals surface area contributed by atoms with Crippen molar-refractivity contribution in [1.82, 2.24) is 14.6 Å². The van der Waals surface area contributed by atoms with E-state index < -0.39 is 5.97 Å². The minimum atomic E-state index is -0.442. The van der Waals surface area contributed by atoms with Gasteiger partial charge in [-0.2, -0.15) is 4.52 Å². The number of imidazole rings is 1. The van der Waals surface area contributed by atoms with Crippen LogP contribution in [0.5, 0.6) is 0 Å². The third-order valence-corrected chi connectivity index (χ3v) is 5.99. The van der Waals surface area contributed by atoms with Crippen molar-refractivity contribution in [3.8, 4) is 0 Å². The number of methoxy groups -OCH3 is 1. The van der Waals surface area contributed by atoms with Gasteiger partial charge in [0, 0.05) is 32.2 Å². The minimum Gasteiger partial charge on any atom is -0.465 e. The van der Waals surface area contributed by atoms with Crippen molar-refractivity contribution in [1.29, 1.82) is 0 Å². The fourth-order valence-corrected chi connectivity index (χ4v) is 4.25. The lowest BCUT2D eigenvalue weighted by atomic mass is 10.2. The van der Waals surface area contributed by atoms with Crippen molar-refractivity contribution in [2.24, 2.45) is 0 Å². The standard InChI is InChI=1S/C23H28N6O4/c1-16-21(25-18-5-3-4-6-19(18)27-7-11-32-12-8-27)29-22(24-16)17(23(30)31-2)15-20(26-29)28-9-13-33-14-10-28/h3-6,15,25H,7-14H2,1-2H3. The number of hydrogen-bond donors (Lipinski definition) is 1. The number of nitrogens with one attached hydrogen (secondary N) is 1. The molecular formula is C23H28N6O4. The van der Waals surface area contributed by atoms with Crippen molar-refractivity contribution in [3.05, 3.63) is 41.6 Å². The first kappa shape index (κ1) is 21.5. The highest BCUT2D eigenvalue weighted by Gasteiger charge is 2.24. The van der Waals surface area contributed by atoms with Gasteiger partial charge in [-0.3, -0.25) is 0 Å². The summed E-state index contributed by atoms with van der Waals surface area (Å²) in [6.07, 6.45) is 0. The molecule has 174 valence electrons. The predicted octanol–water partition coefficient (Wildman–Crippen LogP) is 2.24. The summed E-state index contributed by atoms with van der Waals surface area (Å²) < 4.78 is 17.8. The zero-order chi connectivity index (χ0) is 22.8. The number of nitrogens with zero attached hydrogens (tertiary/aromatic N) is 5. The Labute approximate surface area is 192 Å². The number of rotatable bonds is 5. The van der Waals surface area contributed by atoms with Gasteiger partial charge in [0.05, 0.1) is 50.6 Å². The molecule has 4 heterocycles. The second kappa shape index (κ2) is 9.24. The zero-order valence-electron chi connectivity index (χ0n) is 18.9. The maximum atomic E-state index is 12.6. The first-order chi connectivity index (χ1) is 16.2. The molecule has 0 unspecified atom stereocenters. The Balaban J connectivity index is 1.59. The van der Waals surface area contributed by atoms with Gasteiger partial charge in [0.1, 0.15) is 5.56 Å². The lowest BCUT2D eigenvalue weighted by molar-refractivity contribution is 0.0602. The molecule has 2 aliphatic heterocycles. The molecule has 2 aromatic heterocycles. The minimum absolute atomic E-state index is 0.381. The molecule has 3 aromatic rings. The van der Waals surface area contributed by atoms with Gasteiger partial charge in [0.15, 0.2) is 17.3 Å². The Kier molecular flexibility index (Phi) is 6.01. The molecule has 10 nitrogen and oxygen atoms in total. The van der Waals surface area contributed by atoms with Crippen LogP contribution in [-0.4, -0.2) is 80.3 Å². The Morgan fingerprint density at radius 3 is 2.39 bits per heavy atom. The summed E-state index contributed by atoms with van der Waals surface area (Å²) in [4.78, 5) is 21.7. The molecule has 0 amide bonds. The average Bonchev–Trinajstić information content (AvgIpc) is 3.19. The summed E-state index contributed by atoms with van der Waals surface area (Å²) in [7, 11) is 1.38. The van der Waals surface area contributed by atoms with Gasteiger partial charge in [0.25, 0.3) is 0 Å². The van der Waals surface area contributed by atoms with Gasteiger partial charge in [-0.15, -0.1) is 5.10 Å². The van der Waals surface area contributed by atoms with Crippen LogP contribution in [-0.2, 0) is 14.2 Å². The third-order valence-electron chi connectivity index (χ3n) is 5.99. The summed E-state index contributed by atoms with van der Waals surface area (Å²) in [5.74, 6) is 0.960. The number of carbonyl (C=O) groups excluding carboxylic acids is 1. The van der Waals surface area contributed by atoms with Crippen molar-refractivity contribution in [3.63, 3.8) is 0 Å². The molecule has 0 aliphatic carbocycles. The van der Waals surface area contributed by atoms with Gasteiger partial charge in [-0.05, 0) is 19.1 Å². The number of aromatic nitrogens is 3. The van der Waals surface area contributed by atoms with Crippen molar-refractivity contribution in [2.45, 2.75) is 6.92 Å². The van der Waals surface area contributed by atoms with Crippen LogP contribution in [0.15, 0.2) is 30.3 Å². The number of ether oxygens (including phenoxy) is 3. The Bertz CT molecular complexity index is 1150. The van der Waals surface area contributed by atoms with Crippen LogP contribution in [0.2, 0.25) is 0 Å². The molecule has 0 spiro atoms. The maximum absolute atomic E-state index is 12.6. The van der Waals surface area contributed by atoms with Gasteiger partial charge < -0.3 is 29.3 Å². The van der Waals surface area contributed by atoms with Gasteiger partial charge in [-0.25, -0.2) is 9.78 Å². The number of carbonyl (C=O) groups is 1. The molecule has 5 rings (SSSR count). The molecule has 33 heavy (non-hydrogen) atoms. The van der Waals surface area contributed by atoms with E-state index in [9.17, 15) is 4.79 Å². The second-order valence-electron chi connectivity index (χ2n) is 8.03. The number of morpholine rings is 2. The molecule has 0 saturated carbocycles. The molecule has 1 aromatic carbocycles. The van der Waals surface area contributed by atoms with Crippen LogP contribution in [0.25, 0.3) is 5.65 Å². The predicted molar refractivity (Wildman–Crippen MR) is 125 cm³/mol. The average molecular weight is 453 g/mol. The topological polar surface area (TPSA) is 93.5 Å². The van der Waals surface area contributed by atoms with Crippen LogP contribution < -0.4 is 15.1 Å². The lowest BCUT2D eigenvalue weighted by Crippen LogP contribution is -2.37. The van der Waals surface area contributed by atoms with Gasteiger partial charge in [-0.1, -0.05) is 12.1 Å². The highest BCUT2D eigenvalue weighted by atomic mass is 16.5. The number of fused-ring (bicyclic) bond motifs is 1. The Morgan fingerprint density at radius 2 is 1.70 bits per heavy atom. The van der Waals surface area contributed by atoms with E-state index in [-0.39, 0.29) is 0 Å². The SMILES string of the molecule is COC(=O)c1cc(N2CCOCC2)nn2c(Nc3ccccc3N3CCOCC3)c(C)nc12. The smallest absolute Gasteiger partial charge is 0.341 e. The summed E-state index contributed by atoms with van der Waals surface area (Å²) in [6.45, 7) is 7.62. The van der Waals surface area contributed by atoms with Crippen molar-refractivity contribution >= 4 is 34.6 Å². The van der Waals surface area contributed by atoms with E-state index in [4.69, 9.17) is 19.3 Å². The number of benzene rings is 1. The second-order valence-corrected chi connectivity index (χ2v) is 8.03. The summed E-state index contributed by atoms with van der Waals surface area (Å²) in [6, 6.07) is 9.92. The van der Waals surface area contributed by atoms with E-state index in [2.05, 4.69) is 26.2 Å². The molecule has 10 heteroatoms. The van der Waals surface area contributed by atoms with E-state index in [1.165, 1.54) is 7.11 Å². The van der Waals surface area contributed by atoms with Crippen LogP contribution in [0.4, 0.5) is 23.0 Å². The van der Waals surface area contributed by atoms with E-state index in [0.717, 1.165) is 30.2 Å². The lowest BCUT2D eigenvalue weighted by Gasteiger charge is -2.30.